The van der Waals surface area contributed by atoms with Crippen LogP contribution in [0.1, 0.15) is 10.4 Å². The normalized spacial score (nSPS) is 13.4. The summed E-state index contributed by atoms with van der Waals surface area (Å²) in [5.74, 6) is 2.87. The highest BCUT2D eigenvalue weighted by atomic mass is 16.5. The summed E-state index contributed by atoms with van der Waals surface area (Å²) in [6, 6.07) is 15.0. The first-order valence-corrected chi connectivity index (χ1v) is 10.9. The highest BCUT2D eigenvalue weighted by Crippen LogP contribution is 2.38. The van der Waals surface area contributed by atoms with E-state index in [4.69, 9.17) is 18.9 Å². The number of rotatable bonds is 7. The van der Waals surface area contributed by atoms with Gasteiger partial charge in [-0.25, -0.2) is 0 Å². The van der Waals surface area contributed by atoms with E-state index in [0.29, 0.717) is 49.0 Å². The third-order valence-corrected chi connectivity index (χ3v) is 5.84. The van der Waals surface area contributed by atoms with Gasteiger partial charge in [-0.2, -0.15) is 0 Å². The molecule has 0 unspecified atom stereocenters. The molecule has 0 atom stereocenters. The molecule has 9 heteroatoms. The van der Waals surface area contributed by atoms with Gasteiger partial charge in [0, 0.05) is 37.3 Å². The van der Waals surface area contributed by atoms with Crippen molar-refractivity contribution in [1.29, 1.82) is 0 Å². The molecule has 0 bridgehead atoms. The highest BCUT2D eigenvalue weighted by molar-refractivity contribution is 5.95. The van der Waals surface area contributed by atoms with Crippen molar-refractivity contribution in [2.24, 2.45) is 0 Å². The van der Waals surface area contributed by atoms with E-state index in [-0.39, 0.29) is 5.91 Å². The molecule has 1 fully saturated rings. The van der Waals surface area contributed by atoms with Gasteiger partial charge in [-0.05, 0) is 48.5 Å². The minimum Gasteiger partial charge on any atom is -0.497 e. The third kappa shape index (κ3) is 4.68. The van der Waals surface area contributed by atoms with Gasteiger partial charge in [-0.1, -0.05) is 0 Å². The van der Waals surface area contributed by atoms with Crippen LogP contribution < -0.4 is 23.8 Å². The summed E-state index contributed by atoms with van der Waals surface area (Å²) in [5.41, 5.74) is 2.26. The molecule has 0 saturated carbocycles. The van der Waals surface area contributed by atoms with E-state index in [2.05, 4.69) is 15.1 Å². The predicted octanol–water partition coefficient (Wildman–Crippen LogP) is 3.14. The maximum absolute atomic E-state index is 13.1. The predicted molar refractivity (Wildman–Crippen MR) is 128 cm³/mol. The number of amides is 1. The minimum absolute atomic E-state index is 0.0835. The van der Waals surface area contributed by atoms with E-state index in [1.54, 1.807) is 19.2 Å². The Balaban J connectivity index is 1.41. The van der Waals surface area contributed by atoms with Gasteiger partial charge in [0.1, 0.15) is 5.75 Å². The average molecular weight is 465 g/mol. The number of methoxy groups -OCH3 is 4. The number of nitrogens with zero attached hydrogens (tertiary/aromatic N) is 4. The van der Waals surface area contributed by atoms with Crippen LogP contribution in [-0.2, 0) is 0 Å². The number of anilines is 1. The van der Waals surface area contributed by atoms with Gasteiger partial charge >= 0.3 is 0 Å². The molecule has 0 radical (unpaired) electrons. The first-order valence-electron chi connectivity index (χ1n) is 10.9. The van der Waals surface area contributed by atoms with Crippen LogP contribution in [0.3, 0.4) is 0 Å². The molecule has 1 amide bonds. The number of hydrogen-bond acceptors (Lipinski definition) is 8. The second-order valence-electron chi connectivity index (χ2n) is 7.70. The van der Waals surface area contributed by atoms with Gasteiger partial charge in [0.05, 0.1) is 34.1 Å². The lowest BCUT2D eigenvalue weighted by atomic mass is 10.1. The van der Waals surface area contributed by atoms with Crippen molar-refractivity contribution in [3.8, 4) is 34.3 Å². The van der Waals surface area contributed by atoms with E-state index in [1.807, 2.05) is 41.3 Å². The fraction of sp³-hybridized carbons (Fsp3) is 0.320. The van der Waals surface area contributed by atoms with Crippen LogP contribution in [0, 0.1) is 0 Å². The third-order valence-electron chi connectivity index (χ3n) is 5.84. The molecule has 1 aromatic heterocycles. The monoisotopic (exact) mass is 464 g/mol. The van der Waals surface area contributed by atoms with Crippen LogP contribution in [0.25, 0.3) is 11.3 Å². The molecule has 3 aromatic rings. The lowest BCUT2D eigenvalue weighted by molar-refractivity contribution is 0.0745. The maximum atomic E-state index is 13.1. The molecular formula is C25H28N4O5. The highest BCUT2D eigenvalue weighted by Gasteiger charge is 2.25. The lowest BCUT2D eigenvalue weighted by Gasteiger charge is -2.35. The quantitative estimate of drug-likeness (QED) is 0.527. The molecule has 4 rings (SSSR count). The minimum atomic E-state index is -0.0835. The first-order chi connectivity index (χ1) is 16.6. The van der Waals surface area contributed by atoms with Crippen LogP contribution in [0.2, 0.25) is 0 Å². The summed E-state index contributed by atoms with van der Waals surface area (Å²) in [6.07, 6.45) is 0. The Bertz CT molecular complexity index is 1100. The van der Waals surface area contributed by atoms with E-state index in [0.717, 1.165) is 22.8 Å². The van der Waals surface area contributed by atoms with Crippen LogP contribution in [0.5, 0.6) is 23.0 Å². The van der Waals surface area contributed by atoms with Gasteiger partial charge < -0.3 is 28.7 Å². The molecule has 0 aliphatic carbocycles. The topological polar surface area (TPSA) is 86.3 Å². The standard InChI is InChI=1S/C25H28N4O5/c1-31-19-7-5-17(6-8-19)20-9-10-23(27-26-20)28-11-13-29(14-12-28)25(30)18-15-21(32-2)24(34-4)22(16-18)33-3/h5-10,15-16H,11-14H2,1-4H3. The summed E-state index contributed by atoms with van der Waals surface area (Å²) >= 11 is 0. The molecule has 9 nitrogen and oxygen atoms in total. The van der Waals surface area contributed by atoms with Gasteiger partial charge in [0.2, 0.25) is 5.75 Å². The molecule has 2 heterocycles. The number of hydrogen-bond donors (Lipinski definition) is 0. The zero-order valence-electron chi connectivity index (χ0n) is 19.8. The molecule has 34 heavy (non-hydrogen) atoms. The van der Waals surface area contributed by atoms with E-state index < -0.39 is 0 Å². The van der Waals surface area contributed by atoms with Crippen LogP contribution >= 0.6 is 0 Å². The van der Waals surface area contributed by atoms with Crippen molar-refractivity contribution in [2.45, 2.75) is 0 Å². The van der Waals surface area contributed by atoms with Crippen LogP contribution in [0.4, 0.5) is 5.82 Å². The number of ether oxygens (including phenoxy) is 4. The van der Waals surface area contributed by atoms with Gasteiger partial charge in [0.15, 0.2) is 17.3 Å². The Morgan fingerprint density at radius 2 is 1.41 bits per heavy atom. The van der Waals surface area contributed by atoms with Gasteiger partial charge in [0.25, 0.3) is 5.91 Å². The molecule has 1 saturated heterocycles. The summed E-state index contributed by atoms with van der Waals surface area (Å²) in [7, 11) is 6.24. The molecule has 1 aliphatic heterocycles. The SMILES string of the molecule is COc1ccc(-c2ccc(N3CCN(C(=O)c4cc(OC)c(OC)c(OC)c4)CC3)nn2)cc1. The molecule has 2 aromatic carbocycles. The van der Waals surface area contributed by atoms with Crippen molar-refractivity contribution in [3.05, 3.63) is 54.1 Å². The lowest BCUT2D eigenvalue weighted by Crippen LogP contribution is -2.49. The number of benzene rings is 2. The molecule has 0 spiro atoms. The van der Waals surface area contributed by atoms with E-state index in [9.17, 15) is 4.79 Å². The summed E-state index contributed by atoms with van der Waals surface area (Å²) in [4.78, 5) is 17.1. The number of carbonyl (C=O) groups is 1. The Labute approximate surface area is 198 Å². The average Bonchev–Trinajstić information content (AvgIpc) is 2.92. The zero-order valence-corrected chi connectivity index (χ0v) is 19.8. The number of piperazine rings is 1. The van der Waals surface area contributed by atoms with Crippen molar-refractivity contribution < 1.29 is 23.7 Å². The largest absolute Gasteiger partial charge is 0.497 e. The van der Waals surface area contributed by atoms with Gasteiger partial charge in [-0.15, -0.1) is 10.2 Å². The van der Waals surface area contributed by atoms with Crippen LogP contribution in [-0.4, -0.2) is 75.6 Å². The van der Waals surface area contributed by atoms with Crippen molar-refractivity contribution in [1.82, 2.24) is 15.1 Å². The molecule has 1 aliphatic rings. The molecule has 0 N–H and O–H groups in total. The van der Waals surface area contributed by atoms with Crippen molar-refractivity contribution >= 4 is 11.7 Å². The Morgan fingerprint density at radius 3 is 1.91 bits per heavy atom. The van der Waals surface area contributed by atoms with Crippen molar-refractivity contribution in [3.63, 3.8) is 0 Å². The second-order valence-corrected chi connectivity index (χ2v) is 7.70. The smallest absolute Gasteiger partial charge is 0.254 e. The van der Waals surface area contributed by atoms with E-state index >= 15 is 0 Å². The Morgan fingerprint density at radius 1 is 0.765 bits per heavy atom. The number of aromatic nitrogens is 2. The number of carbonyl (C=O) groups excluding carboxylic acids is 1. The van der Waals surface area contributed by atoms with Gasteiger partial charge in [-0.3, -0.25) is 4.79 Å². The fourth-order valence-corrected chi connectivity index (χ4v) is 3.94. The van der Waals surface area contributed by atoms with Crippen LogP contribution in [0.15, 0.2) is 48.5 Å². The second kappa shape index (κ2) is 10.3. The fourth-order valence-electron chi connectivity index (χ4n) is 3.94. The summed E-state index contributed by atoms with van der Waals surface area (Å²) < 4.78 is 21.3. The molecular weight excluding hydrogens is 436 g/mol. The first kappa shape index (κ1) is 23.2. The summed E-state index contributed by atoms with van der Waals surface area (Å²) in [6.45, 7) is 2.45. The summed E-state index contributed by atoms with van der Waals surface area (Å²) in [5, 5.41) is 8.79. The molecule has 178 valence electrons. The Hall–Kier alpha value is -4.01. The van der Waals surface area contributed by atoms with E-state index in [1.165, 1.54) is 21.3 Å². The maximum Gasteiger partial charge on any atom is 0.254 e. The Kier molecular flexibility index (Phi) is 7.01. The zero-order chi connectivity index (χ0) is 24.1. The van der Waals surface area contributed by atoms with Crippen molar-refractivity contribution in [2.75, 3.05) is 59.5 Å².